The Morgan fingerprint density at radius 3 is 2.33 bits per heavy atom. The summed E-state index contributed by atoms with van der Waals surface area (Å²) in [5.41, 5.74) is 0.583. The summed E-state index contributed by atoms with van der Waals surface area (Å²) in [6, 6.07) is 5.84. The van der Waals surface area contributed by atoms with Crippen LogP contribution in [-0.2, 0) is 14.8 Å². The Bertz CT molecular complexity index is 547. The maximum atomic E-state index is 11.8. The van der Waals surface area contributed by atoms with Gasteiger partial charge in [-0.05, 0) is 43.0 Å². The zero-order valence-electron chi connectivity index (χ0n) is 10.1. The second-order valence-corrected chi connectivity index (χ2v) is 6.25. The van der Waals surface area contributed by atoms with Gasteiger partial charge in [0.25, 0.3) is 0 Å². The molecular formula is C12H16N2O3S. The molecular weight excluding hydrogens is 252 g/mol. The molecule has 0 bridgehead atoms. The molecule has 2 rings (SSSR count). The molecule has 0 spiro atoms. The molecule has 1 saturated carbocycles. The molecule has 1 atom stereocenters. The van der Waals surface area contributed by atoms with Crippen LogP contribution in [0.4, 0.5) is 5.69 Å². The van der Waals surface area contributed by atoms with Gasteiger partial charge in [0.1, 0.15) is 0 Å². The second kappa shape index (κ2) is 4.70. The molecule has 1 amide bonds. The Labute approximate surface area is 106 Å². The second-order valence-electron chi connectivity index (χ2n) is 4.68. The molecule has 0 heterocycles. The predicted octanol–water partition coefficient (Wildman–Crippen LogP) is 1.32. The van der Waals surface area contributed by atoms with E-state index in [0.717, 1.165) is 12.8 Å². The SMILES string of the molecule is CC(C(=O)Nc1ccc(S(N)(=O)=O)cc1)C1CC1. The van der Waals surface area contributed by atoms with Gasteiger partial charge in [-0.2, -0.15) is 0 Å². The molecule has 0 radical (unpaired) electrons. The Balaban J connectivity index is 2.04. The van der Waals surface area contributed by atoms with Crippen molar-refractivity contribution in [1.82, 2.24) is 0 Å². The summed E-state index contributed by atoms with van der Waals surface area (Å²) in [6.07, 6.45) is 2.22. The van der Waals surface area contributed by atoms with Crippen molar-refractivity contribution in [3.63, 3.8) is 0 Å². The monoisotopic (exact) mass is 268 g/mol. The predicted molar refractivity (Wildman–Crippen MR) is 68.3 cm³/mol. The molecule has 1 unspecified atom stereocenters. The molecule has 18 heavy (non-hydrogen) atoms. The van der Waals surface area contributed by atoms with E-state index in [-0.39, 0.29) is 16.7 Å². The van der Waals surface area contributed by atoms with Crippen molar-refractivity contribution >= 4 is 21.6 Å². The lowest BCUT2D eigenvalue weighted by Gasteiger charge is -2.11. The van der Waals surface area contributed by atoms with Crippen molar-refractivity contribution < 1.29 is 13.2 Å². The van der Waals surface area contributed by atoms with Crippen LogP contribution in [-0.4, -0.2) is 14.3 Å². The summed E-state index contributed by atoms with van der Waals surface area (Å²) in [7, 11) is -3.68. The minimum Gasteiger partial charge on any atom is -0.326 e. The number of nitrogens with two attached hydrogens (primary N) is 1. The Morgan fingerprint density at radius 2 is 1.89 bits per heavy atom. The van der Waals surface area contributed by atoms with E-state index in [1.807, 2.05) is 6.92 Å². The van der Waals surface area contributed by atoms with Gasteiger partial charge in [-0.15, -0.1) is 0 Å². The van der Waals surface area contributed by atoms with E-state index >= 15 is 0 Å². The summed E-state index contributed by atoms with van der Waals surface area (Å²) in [6.45, 7) is 1.91. The third-order valence-electron chi connectivity index (χ3n) is 3.19. The molecule has 1 aliphatic carbocycles. The van der Waals surface area contributed by atoms with Crippen molar-refractivity contribution in [2.45, 2.75) is 24.7 Å². The fraction of sp³-hybridized carbons (Fsp3) is 0.417. The maximum absolute atomic E-state index is 11.8. The van der Waals surface area contributed by atoms with Gasteiger partial charge < -0.3 is 5.32 Å². The zero-order valence-corrected chi connectivity index (χ0v) is 10.9. The highest BCUT2D eigenvalue weighted by Crippen LogP contribution is 2.37. The highest BCUT2D eigenvalue weighted by atomic mass is 32.2. The van der Waals surface area contributed by atoms with Crippen LogP contribution in [0.2, 0.25) is 0 Å². The van der Waals surface area contributed by atoms with Gasteiger partial charge in [0, 0.05) is 11.6 Å². The molecule has 0 saturated heterocycles. The Morgan fingerprint density at radius 1 is 1.33 bits per heavy atom. The lowest BCUT2D eigenvalue weighted by Crippen LogP contribution is -2.21. The molecule has 1 aliphatic rings. The zero-order chi connectivity index (χ0) is 13.3. The molecule has 1 aromatic rings. The van der Waals surface area contributed by atoms with E-state index in [1.54, 1.807) is 0 Å². The average molecular weight is 268 g/mol. The van der Waals surface area contributed by atoms with E-state index in [1.165, 1.54) is 24.3 Å². The number of hydrogen-bond donors (Lipinski definition) is 2. The summed E-state index contributed by atoms with van der Waals surface area (Å²) in [4.78, 5) is 11.9. The minimum atomic E-state index is -3.68. The largest absolute Gasteiger partial charge is 0.326 e. The van der Waals surface area contributed by atoms with Crippen molar-refractivity contribution in [1.29, 1.82) is 0 Å². The lowest BCUT2D eigenvalue weighted by atomic mass is 10.1. The van der Waals surface area contributed by atoms with Crippen LogP contribution in [0.5, 0.6) is 0 Å². The molecule has 98 valence electrons. The highest BCUT2D eigenvalue weighted by molar-refractivity contribution is 7.89. The summed E-state index contributed by atoms with van der Waals surface area (Å²) in [5.74, 6) is 0.470. The topological polar surface area (TPSA) is 89.3 Å². The van der Waals surface area contributed by atoms with Gasteiger partial charge >= 0.3 is 0 Å². The number of rotatable bonds is 4. The number of amides is 1. The van der Waals surface area contributed by atoms with Crippen LogP contribution in [0.3, 0.4) is 0 Å². The fourth-order valence-corrected chi connectivity index (χ4v) is 2.31. The van der Waals surface area contributed by atoms with E-state index in [2.05, 4.69) is 5.32 Å². The number of nitrogens with one attached hydrogen (secondary N) is 1. The molecule has 3 N–H and O–H groups in total. The van der Waals surface area contributed by atoms with Crippen LogP contribution >= 0.6 is 0 Å². The molecule has 0 aromatic heterocycles. The van der Waals surface area contributed by atoms with Crippen LogP contribution in [0.1, 0.15) is 19.8 Å². The molecule has 5 nitrogen and oxygen atoms in total. The molecule has 1 fully saturated rings. The van der Waals surface area contributed by atoms with Crippen LogP contribution < -0.4 is 10.5 Å². The lowest BCUT2D eigenvalue weighted by molar-refractivity contribution is -0.119. The third kappa shape index (κ3) is 3.08. The van der Waals surface area contributed by atoms with E-state index in [0.29, 0.717) is 11.6 Å². The minimum absolute atomic E-state index is 0.00270. The molecule has 1 aromatic carbocycles. The summed E-state index contributed by atoms with van der Waals surface area (Å²) in [5, 5.41) is 7.76. The van der Waals surface area contributed by atoms with Gasteiger partial charge in [0.2, 0.25) is 15.9 Å². The van der Waals surface area contributed by atoms with E-state index < -0.39 is 10.0 Å². The number of benzene rings is 1. The van der Waals surface area contributed by atoms with Gasteiger partial charge in [-0.3, -0.25) is 4.79 Å². The Kier molecular flexibility index (Phi) is 3.41. The number of hydrogen-bond acceptors (Lipinski definition) is 3. The number of carbonyl (C=O) groups is 1. The van der Waals surface area contributed by atoms with Gasteiger partial charge in [0.05, 0.1) is 4.90 Å². The van der Waals surface area contributed by atoms with Crippen LogP contribution in [0, 0.1) is 11.8 Å². The van der Waals surface area contributed by atoms with E-state index in [9.17, 15) is 13.2 Å². The molecule has 6 heteroatoms. The first-order valence-electron chi connectivity index (χ1n) is 5.81. The smallest absolute Gasteiger partial charge is 0.238 e. The van der Waals surface area contributed by atoms with Gasteiger partial charge in [0.15, 0.2) is 0 Å². The average Bonchev–Trinajstić information content (AvgIpc) is 3.11. The van der Waals surface area contributed by atoms with Crippen molar-refractivity contribution in [3.8, 4) is 0 Å². The normalized spacial score (nSPS) is 17.2. The van der Waals surface area contributed by atoms with Crippen LogP contribution in [0.25, 0.3) is 0 Å². The standard InChI is InChI=1S/C12H16N2O3S/c1-8(9-2-3-9)12(15)14-10-4-6-11(7-5-10)18(13,16)17/h4-9H,2-3H2,1H3,(H,14,15)(H2,13,16,17). The highest BCUT2D eigenvalue weighted by Gasteiger charge is 2.32. The summed E-state index contributed by atoms with van der Waals surface area (Å²) < 4.78 is 22.1. The van der Waals surface area contributed by atoms with Gasteiger partial charge in [-0.25, -0.2) is 13.6 Å². The maximum Gasteiger partial charge on any atom is 0.238 e. The number of primary sulfonamides is 1. The van der Waals surface area contributed by atoms with Crippen LogP contribution in [0.15, 0.2) is 29.2 Å². The van der Waals surface area contributed by atoms with Crippen molar-refractivity contribution in [2.75, 3.05) is 5.32 Å². The fourth-order valence-electron chi connectivity index (χ4n) is 1.79. The third-order valence-corrected chi connectivity index (χ3v) is 4.12. The molecule has 0 aliphatic heterocycles. The Hall–Kier alpha value is -1.40. The van der Waals surface area contributed by atoms with Crippen molar-refractivity contribution in [3.05, 3.63) is 24.3 Å². The number of sulfonamides is 1. The first kappa shape index (κ1) is 13.0. The quantitative estimate of drug-likeness (QED) is 0.863. The van der Waals surface area contributed by atoms with E-state index in [4.69, 9.17) is 5.14 Å². The van der Waals surface area contributed by atoms with Crippen molar-refractivity contribution in [2.24, 2.45) is 17.0 Å². The number of anilines is 1. The first-order valence-corrected chi connectivity index (χ1v) is 7.36. The number of carbonyl (C=O) groups excluding carboxylic acids is 1. The first-order chi connectivity index (χ1) is 8.38. The summed E-state index contributed by atoms with van der Waals surface area (Å²) >= 11 is 0. The van der Waals surface area contributed by atoms with Gasteiger partial charge in [-0.1, -0.05) is 6.92 Å².